The van der Waals surface area contributed by atoms with Crippen molar-refractivity contribution in [1.29, 1.82) is 0 Å². The molecule has 2 aliphatic rings. The fourth-order valence-electron chi connectivity index (χ4n) is 4.19. The van der Waals surface area contributed by atoms with Gasteiger partial charge in [-0.05, 0) is 51.9 Å². The van der Waals surface area contributed by atoms with Gasteiger partial charge in [0.15, 0.2) is 21.8 Å². The second-order valence-electron chi connectivity index (χ2n) is 8.21. The lowest BCUT2D eigenvalue weighted by Crippen LogP contribution is -2.38. The molecule has 0 bridgehead atoms. The minimum Gasteiger partial charge on any atom is -0.486 e. The maximum absolute atomic E-state index is 14.8. The predicted molar refractivity (Wildman–Crippen MR) is 126 cm³/mol. The van der Waals surface area contributed by atoms with E-state index in [9.17, 15) is 4.39 Å². The normalized spacial score (nSPS) is 17.0. The number of fused-ring (bicyclic) bond motifs is 1. The van der Waals surface area contributed by atoms with E-state index in [0.29, 0.717) is 18.3 Å². The van der Waals surface area contributed by atoms with E-state index in [4.69, 9.17) is 14.7 Å². The molecular formula is C22H26FN5OS2. The molecular weight excluding hydrogens is 433 g/mol. The zero-order chi connectivity index (χ0) is 21.4. The topological polar surface area (TPSA) is 62.3 Å². The molecule has 0 amide bonds. The fraction of sp³-hybridized carbons (Fsp3) is 0.455. The molecule has 3 aromatic rings. The summed E-state index contributed by atoms with van der Waals surface area (Å²) in [5.41, 5.74) is 3.46. The largest absolute Gasteiger partial charge is 0.486 e. The maximum atomic E-state index is 14.8. The Morgan fingerprint density at radius 2 is 1.94 bits per heavy atom. The van der Waals surface area contributed by atoms with E-state index in [1.807, 2.05) is 11.4 Å². The van der Waals surface area contributed by atoms with Crippen LogP contribution in [0.3, 0.4) is 0 Å². The number of hydrogen-bond acceptors (Lipinski definition) is 8. The lowest BCUT2D eigenvalue weighted by Gasteiger charge is -2.34. The van der Waals surface area contributed by atoms with Crippen molar-refractivity contribution in [3.63, 3.8) is 0 Å². The van der Waals surface area contributed by atoms with Crippen LogP contribution in [0.1, 0.15) is 38.3 Å². The average molecular weight is 460 g/mol. The molecule has 9 heteroatoms. The summed E-state index contributed by atoms with van der Waals surface area (Å²) in [6, 6.07) is 3.76. The Morgan fingerprint density at radius 3 is 2.74 bits per heavy atom. The zero-order valence-corrected chi connectivity index (χ0v) is 19.3. The van der Waals surface area contributed by atoms with Crippen LogP contribution in [0.25, 0.3) is 11.3 Å². The number of ether oxygens (including phenoxy) is 1. The van der Waals surface area contributed by atoms with Crippen molar-refractivity contribution in [2.45, 2.75) is 38.6 Å². The predicted octanol–water partition coefficient (Wildman–Crippen LogP) is 5.22. The summed E-state index contributed by atoms with van der Waals surface area (Å²) in [5, 5.41) is 12.4. The number of piperidine rings is 1. The molecule has 0 radical (unpaired) electrons. The summed E-state index contributed by atoms with van der Waals surface area (Å²) in [6.07, 6.45) is 2.26. The van der Waals surface area contributed by atoms with E-state index in [1.165, 1.54) is 17.4 Å². The molecule has 6 nitrogen and oxygen atoms in total. The molecule has 4 heterocycles. The van der Waals surface area contributed by atoms with Gasteiger partial charge in [-0.1, -0.05) is 0 Å². The summed E-state index contributed by atoms with van der Waals surface area (Å²) < 4.78 is 20.4. The Labute approximate surface area is 189 Å². The first-order valence-corrected chi connectivity index (χ1v) is 12.5. The molecule has 0 aliphatic carbocycles. The van der Waals surface area contributed by atoms with Gasteiger partial charge < -0.3 is 20.3 Å². The van der Waals surface area contributed by atoms with Gasteiger partial charge in [0.1, 0.15) is 6.61 Å². The highest BCUT2D eigenvalue weighted by atomic mass is 32.1. The summed E-state index contributed by atoms with van der Waals surface area (Å²) in [4.78, 5) is 11.6. The van der Waals surface area contributed by atoms with E-state index in [2.05, 4.69) is 34.8 Å². The van der Waals surface area contributed by atoms with Gasteiger partial charge in [-0.25, -0.2) is 14.4 Å². The van der Waals surface area contributed by atoms with Crippen molar-refractivity contribution in [3.8, 4) is 17.0 Å². The van der Waals surface area contributed by atoms with Crippen molar-refractivity contribution in [2.75, 3.05) is 36.5 Å². The quantitative estimate of drug-likeness (QED) is 0.545. The smallest absolute Gasteiger partial charge is 0.189 e. The Hall–Kier alpha value is -2.23. The Morgan fingerprint density at radius 1 is 1.16 bits per heavy atom. The van der Waals surface area contributed by atoms with Gasteiger partial charge in [0.05, 0.1) is 23.6 Å². The Kier molecular flexibility index (Phi) is 5.81. The first kappa shape index (κ1) is 20.7. The van der Waals surface area contributed by atoms with E-state index in [1.54, 1.807) is 11.3 Å². The van der Waals surface area contributed by atoms with Crippen molar-refractivity contribution in [2.24, 2.45) is 0 Å². The van der Waals surface area contributed by atoms with Crippen LogP contribution in [0, 0.1) is 5.82 Å². The van der Waals surface area contributed by atoms with Crippen molar-refractivity contribution >= 4 is 38.6 Å². The molecule has 0 spiro atoms. The number of rotatable bonds is 5. The SMILES string of the molecule is CC(C)N1CCOc2c(F)cc(-c3csc(Nc4nc(C5CCNCC5)cs4)n3)cc21. The van der Waals surface area contributed by atoms with Gasteiger partial charge in [-0.2, -0.15) is 0 Å². The van der Waals surface area contributed by atoms with Crippen LogP contribution in [-0.4, -0.2) is 42.3 Å². The highest BCUT2D eigenvalue weighted by molar-refractivity contribution is 7.16. The minimum absolute atomic E-state index is 0.268. The first-order chi connectivity index (χ1) is 15.1. The number of hydrogen-bond donors (Lipinski definition) is 2. The van der Waals surface area contributed by atoms with E-state index in [0.717, 1.165) is 65.4 Å². The standard InChI is InChI=1S/C22H26FN5OS2/c1-13(2)28-7-8-29-20-16(23)9-15(10-19(20)28)18-12-31-22(26-18)27-21-25-17(11-30-21)14-3-5-24-6-4-14/h9-14,24H,3-8H2,1-2H3,(H,25,26,27). The second-order valence-corrected chi connectivity index (χ2v) is 9.92. The van der Waals surface area contributed by atoms with Crippen LogP contribution in [0.2, 0.25) is 0 Å². The van der Waals surface area contributed by atoms with E-state index >= 15 is 0 Å². The molecule has 1 fully saturated rings. The van der Waals surface area contributed by atoms with Crippen LogP contribution >= 0.6 is 22.7 Å². The van der Waals surface area contributed by atoms with E-state index in [-0.39, 0.29) is 11.9 Å². The monoisotopic (exact) mass is 459 g/mol. The van der Waals surface area contributed by atoms with Gasteiger partial charge in [-0.3, -0.25) is 0 Å². The Bertz CT molecular complexity index is 1060. The summed E-state index contributed by atoms with van der Waals surface area (Å²) in [6.45, 7) is 7.57. The molecule has 0 atom stereocenters. The summed E-state index contributed by atoms with van der Waals surface area (Å²) in [5.74, 6) is 0.530. The number of thiazole rings is 2. The molecule has 0 saturated carbocycles. The number of aromatic nitrogens is 2. The summed E-state index contributed by atoms with van der Waals surface area (Å²) in [7, 11) is 0. The number of anilines is 3. The molecule has 5 rings (SSSR count). The number of nitrogens with zero attached hydrogens (tertiary/aromatic N) is 3. The third-order valence-electron chi connectivity index (χ3n) is 5.83. The van der Waals surface area contributed by atoms with E-state index < -0.39 is 0 Å². The van der Waals surface area contributed by atoms with Gasteiger partial charge >= 0.3 is 0 Å². The van der Waals surface area contributed by atoms with Gasteiger partial charge in [0.25, 0.3) is 0 Å². The van der Waals surface area contributed by atoms with Crippen molar-refractivity contribution in [1.82, 2.24) is 15.3 Å². The molecule has 1 saturated heterocycles. The van der Waals surface area contributed by atoms with Crippen LogP contribution in [0.4, 0.5) is 20.3 Å². The van der Waals surface area contributed by atoms with Gasteiger partial charge in [-0.15, -0.1) is 22.7 Å². The van der Waals surface area contributed by atoms with Crippen LogP contribution in [0.5, 0.6) is 5.75 Å². The molecule has 164 valence electrons. The maximum Gasteiger partial charge on any atom is 0.189 e. The Balaban J connectivity index is 1.36. The summed E-state index contributed by atoms with van der Waals surface area (Å²) >= 11 is 3.11. The molecule has 1 aromatic carbocycles. The minimum atomic E-state index is -0.341. The van der Waals surface area contributed by atoms with Crippen LogP contribution in [-0.2, 0) is 0 Å². The van der Waals surface area contributed by atoms with Crippen molar-refractivity contribution in [3.05, 3.63) is 34.4 Å². The lowest BCUT2D eigenvalue weighted by molar-refractivity contribution is 0.287. The molecule has 0 unspecified atom stereocenters. The molecule has 2 aliphatic heterocycles. The highest BCUT2D eigenvalue weighted by Crippen LogP contribution is 2.40. The van der Waals surface area contributed by atoms with Crippen LogP contribution in [0.15, 0.2) is 22.9 Å². The number of benzene rings is 1. The van der Waals surface area contributed by atoms with Crippen molar-refractivity contribution < 1.29 is 9.13 Å². The first-order valence-electron chi connectivity index (χ1n) is 10.7. The third kappa shape index (κ3) is 4.26. The lowest BCUT2D eigenvalue weighted by atomic mass is 9.96. The fourth-order valence-corrected chi connectivity index (χ4v) is 5.76. The van der Waals surface area contributed by atoms with Crippen LogP contribution < -0.4 is 20.3 Å². The van der Waals surface area contributed by atoms with Gasteiger partial charge in [0, 0.05) is 28.3 Å². The molecule has 2 N–H and O–H groups in total. The third-order valence-corrected chi connectivity index (χ3v) is 7.36. The molecule has 2 aromatic heterocycles. The second kappa shape index (κ2) is 8.72. The zero-order valence-electron chi connectivity index (χ0n) is 17.7. The highest BCUT2D eigenvalue weighted by Gasteiger charge is 2.25. The molecule has 31 heavy (non-hydrogen) atoms. The van der Waals surface area contributed by atoms with Gasteiger partial charge in [0.2, 0.25) is 0 Å². The average Bonchev–Trinajstić information content (AvgIpc) is 3.44. The number of halogens is 1. The number of nitrogens with one attached hydrogen (secondary N) is 2.